The van der Waals surface area contributed by atoms with Crippen LogP contribution in [0.5, 0.6) is 0 Å². The summed E-state index contributed by atoms with van der Waals surface area (Å²) < 4.78 is 4.88. The predicted octanol–water partition coefficient (Wildman–Crippen LogP) is 4.79. The summed E-state index contributed by atoms with van der Waals surface area (Å²) in [6.07, 6.45) is 0.673. The number of hydrogen-bond acceptors (Lipinski definition) is 4. The number of methoxy groups -OCH3 is 1. The summed E-state index contributed by atoms with van der Waals surface area (Å²) in [4.78, 5) is 18.0. The van der Waals surface area contributed by atoms with Crippen LogP contribution in [0.3, 0.4) is 0 Å². The molecular formula is C28H30N2O3. The number of aromatic amines is 1. The molecule has 0 amide bonds. The van der Waals surface area contributed by atoms with Crippen molar-refractivity contribution in [1.29, 1.82) is 0 Å². The van der Waals surface area contributed by atoms with E-state index in [-0.39, 0.29) is 0 Å². The van der Waals surface area contributed by atoms with E-state index in [1.807, 2.05) is 36.4 Å². The summed E-state index contributed by atoms with van der Waals surface area (Å²) in [6.45, 7) is 3.86. The minimum absolute atomic E-state index is 0.495. The molecule has 0 aliphatic heterocycles. The molecule has 4 rings (SSSR count). The standard InChI is InChI=1S/C28H30N2O3/c1-28(32,27(31)33-2)26-24(23-15-9-10-16-25(23)29-26)17-18-30(19-21-11-5-3-6-12-21)20-22-13-7-4-8-14-22/h3-16,29,32H,17-20H2,1-2H3. The number of rotatable bonds is 9. The zero-order valence-electron chi connectivity index (χ0n) is 19.1. The van der Waals surface area contributed by atoms with E-state index in [9.17, 15) is 9.90 Å². The number of carbonyl (C=O) groups excluding carboxylic acids is 1. The second-order valence-electron chi connectivity index (χ2n) is 8.52. The van der Waals surface area contributed by atoms with Crippen LogP contribution in [0.25, 0.3) is 10.9 Å². The lowest BCUT2D eigenvalue weighted by Crippen LogP contribution is -2.35. The normalized spacial score (nSPS) is 13.2. The van der Waals surface area contributed by atoms with E-state index in [4.69, 9.17) is 4.74 Å². The van der Waals surface area contributed by atoms with E-state index in [0.717, 1.165) is 36.1 Å². The van der Waals surface area contributed by atoms with Crippen LogP contribution < -0.4 is 0 Å². The lowest BCUT2D eigenvalue weighted by atomic mass is 9.95. The maximum Gasteiger partial charge on any atom is 0.343 e. The van der Waals surface area contributed by atoms with Gasteiger partial charge in [-0.3, -0.25) is 4.90 Å². The SMILES string of the molecule is COC(=O)C(C)(O)c1[nH]c2ccccc2c1CCN(Cc1ccccc1)Cc1ccccc1. The largest absolute Gasteiger partial charge is 0.467 e. The van der Waals surface area contributed by atoms with E-state index in [2.05, 4.69) is 58.4 Å². The van der Waals surface area contributed by atoms with Crippen molar-refractivity contribution in [3.8, 4) is 0 Å². The van der Waals surface area contributed by atoms with E-state index in [1.165, 1.54) is 25.2 Å². The maximum atomic E-state index is 12.4. The van der Waals surface area contributed by atoms with Gasteiger partial charge >= 0.3 is 5.97 Å². The lowest BCUT2D eigenvalue weighted by molar-refractivity contribution is -0.161. The monoisotopic (exact) mass is 442 g/mol. The number of esters is 1. The third-order valence-corrected chi connectivity index (χ3v) is 6.06. The average Bonchev–Trinajstić information content (AvgIpc) is 3.23. The van der Waals surface area contributed by atoms with Crippen molar-refractivity contribution in [2.75, 3.05) is 13.7 Å². The zero-order chi connectivity index (χ0) is 23.3. The Kier molecular flexibility index (Phi) is 6.92. The second-order valence-corrected chi connectivity index (χ2v) is 8.52. The molecule has 0 aliphatic carbocycles. The lowest BCUT2D eigenvalue weighted by Gasteiger charge is -2.25. The molecule has 1 aromatic heterocycles. The average molecular weight is 443 g/mol. The number of nitrogens with one attached hydrogen (secondary N) is 1. The number of hydrogen-bond donors (Lipinski definition) is 2. The zero-order valence-corrected chi connectivity index (χ0v) is 19.1. The molecule has 0 spiro atoms. The van der Waals surface area contributed by atoms with Crippen molar-refractivity contribution < 1.29 is 14.6 Å². The number of H-pyrrole nitrogens is 1. The van der Waals surface area contributed by atoms with Crippen LogP contribution in [-0.4, -0.2) is 34.6 Å². The summed E-state index contributed by atoms with van der Waals surface area (Å²) in [6, 6.07) is 28.7. The Labute approximate surface area is 194 Å². The van der Waals surface area contributed by atoms with Gasteiger partial charge in [-0.05, 0) is 36.1 Å². The van der Waals surface area contributed by atoms with Crippen LogP contribution in [0, 0.1) is 0 Å². The first-order chi connectivity index (χ1) is 16.0. The molecule has 5 nitrogen and oxygen atoms in total. The molecule has 0 saturated heterocycles. The smallest absolute Gasteiger partial charge is 0.343 e. The third kappa shape index (κ3) is 5.16. The molecule has 1 atom stereocenters. The molecule has 0 bridgehead atoms. The highest BCUT2D eigenvalue weighted by Crippen LogP contribution is 2.32. The first-order valence-corrected chi connectivity index (χ1v) is 11.2. The van der Waals surface area contributed by atoms with Crippen LogP contribution >= 0.6 is 0 Å². The molecule has 1 unspecified atom stereocenters. The van der Waals surface area contributed by atoms with Gasteiger partial charge in [-0.2, -0.15) is 0 Å². The highest BCUT2D eigenvalue weighted by molar-refractivity contribution is 5.89. The molecule has 170 valence electrons. The Bertz CT molecular complexity index is 1160. The van der Waals surface area contributed by atoms with Crippen molar-refractivity contribution in [2.24, 2.45) is 0 Å². The van der Waals surface area contributed by atoms with E-state index < -0.39 is 11.6 Å². The molecule has 33 heavy (non-hydrogen) atoms. The number of para-hydroxylation sites is 1. The van der Waals surface area contributed by atoms with Gasteiger partial charge in [-0.15, -0.1) is 0 Å². The van der Waals surface area contributed by atoms with Gasteiger partial charge in [0.1, 0.15) is 0 Å². The highest BCUT2D eigenvalue weighted by Gasteiger charge is 2.38. The number of aliphatic hydroxyl groups is 1. The minimum Gasteiger partial charge on any atom is -0.467 e. The van der Waals surface area contributed by atoms with Crippen molar-refractivity contribution in [1.82, 2.24) is 9.88 Å². The number of carbonyl (C=O) groups is 1. The Morgan fingerprint density at radius 3 is 2.03 bits per heavy atom. The number of ether oxygens (including phenoxy) is 1. The molecule has 0 aliphatic rings. The van der Waals surface area contributed by atoms with Crippen LogP contribution in [0.2, 0.25) is 0 Å². The molecule has 0 radical (unpaired) electrons. The molecule has 0 fully saturated rings. The topological polar surface area (TPSA) is 65.6 Å². The Morgan fingerprint density at radius 1 is 0.909 bits per heavy atom. The van der Waals surface area contributed by atoms with Gasteiger partial charge in [0.05, 0.1) is 12.8 Å². The molecular weight excluding hydrogens is 412 g/mol. The Morgan fingerprint density at radius 2 is 1.45 bits per heavy atom. The molecule has 1 heterocycles. The molecule has 5 heteroatoms. The fourth-order valence-electron chi connectivity index (χ4n) is 4.34. The fraction of sp³-hybridized carbons (Fsp3) is 0.250. The summed E-state index contributed by atoms with van der Waals surface area (Å²) in [7, 11) is 1.29. The fourth-order valence-corrected chi connectivity index (χ4v) is 4.34. The van der Waals surface area contributed by atoms with Crippen LogP contribution in [-0.2, 0) is 34.6 Å². The summed E-state index contributed by atoms with van der Waals surface area (Å²) in [5, 5.41) is 12.1. The number of aromatic nitrogens is 1. The Hall–Kier alpha value is -3.41. The van der Waals surface area contributed by atoms with Gasteiger partial charge in [0, 0.05) is 30.5 Å². The molecule has 2 N–H and O–H groups in total. The highest BCUT2D eigenvalue weighted by atomic mass is 16.5. The first-order valence-electron chi connectivity index (χ1n) is 11.2. The first kappa shape index (κ1) is 22.8. The van der Waals surface area contributed by atoms with Crippen LogP contribution in [0.1, 0.15) is 29.3 Å². The van der Waals surface area contributed by atoms with Gasteiger partial charge in [0.15, 0.2) is 5.60 Å². The van der Waals surface area contributed by atoms with Gasteiger partial charge in [-0.25, -0.2) is 4.79 Å². The van der Waals surface area contributed by atoms with Crippen LogP contribution in [0.15, 0.2) is 84.9 Å². The van der Waals surface area contributed by atoms with Crippen molar-refractivity contribution in [3.63, 3.8) is 0 Å². The summed E-state index contributed by atoms with van der Waals surface area (Å²) >= 11 is 0. The van der Waals surface area contributed by atoms with E-state index in [1.54, 1.807) is 0 Å². The van der Waals surface area contributed by atoms with Crippen molar-refractivity contribution in [2.45, 2.75) is 32.0 Å². The van der Waals surface area contributed by atoms with E-state index >= 15 is 0 Å². The molecule has 3 aromatic carbocycles. The number of benzene rings is 3. The van der Waals surface area contributed by atoms with Crippen molar-refractivity contribution >= 4 is 16.9 Å². The quantitative estimate of drug-likeness (QED) is 0.366. The Balaban J connectivity index is 1.65. The number of nitrogens with zero attached hydrogens (tertiary/aromatic N) is 1. The van der Waals surface area contributed by atoms with Gasteiger partial charge < -0.3 is 14.8 Å². The summed E-state index contributed by atoms with van der Waals surface area (Å²) in [5.41, 5.74) is 3.06. The maximum absolute atomic E-state index is 12.4. The molecule has 4 aromatic rings. The van der Waals surface area contributed by atoms with Gasteiger partial charge in [0.25, 0.3) is 0 Å². The molecule has 0 saturated carbocycles. The number of fused-ring (bicyclic) bond motifs is 1. The van der Waals surface area contributed by atoms with E-state index in [0.29, 0.717) is 12.1 Å². The predicted molar refractivity (Wildman–Crippen MR) is 131 cm³/mol. The summed E-state index contributed by atoms with van der Waals surface area (Å²) in [5.74, 6) is -0.680. The minimum atomic E-state index is -1.76. The third-order valence-electron chi connectivity index (χ3n) is 6.06. The van der Waals surface area contributed by atoms with Crippen molar-refractivity contribution in [3.05, 3.63) is 107 Å². The second kappa shape index (κ2) is 10.0. The van der Waals surface area contributed by atoms with Gasteiger partial charge in [-0.1, -0.05) is 78.9 Å². The van der Waals surface area contributed by atoms with Gasteiger partial charge in [0.2, 0.25) is 0 Å². The van der Waals surface area contributed by atoms with Crippen LogP contribution in [0.4, 0.5) is 0 Å².